The van der Waals surface area contributed by atoms with Gasteiger partial charge in [-0.3, -0.25) is 9.89 Å². The maximum Gasteiger partial charge on any atom is 0.289 e. The number of carbonyl (C=O) groups excluding carboxylic acids is 1. The van der Waals surface area contributed by atoms with E-state index in [9.17, 15) is 14.3 Å². The second-order valence-electron chi connectivity index (χ2n) is 4.97. The Kier molecular flexibility index (Phi) is 4.33. The van der Waals surface area contributed by atoms with Crippen LogP contribution in [0.1, 0.15) is 16.1 Å². The van der Waals surface area contributed by atoms with Crippen molar-refractivity contribution in [2.24, 2.45) is 5.10 Å². The highest BCUT2D eigenvalue weighted by Crippen LogP contribution is 2.17. The predicted molar refractivity (Wildman–Crippen MR) is 87.1 cm³/mol. The third-order valence-corrected chi connectivity index (χ3v) is 3.21. The van der Waals surface area contributed by atoms with E-state index in [1.807, 2.05) is 0 Å². The first-order chi connectivity index (χ1) is 11.6. The number of phenols is 1. The molecule has 24 heavy (non-hydrogen) atoms. The Balaban J connectivity index is 1.66. The molecule has 0 spiro atoms. The largest absolute Gasteiger partial charge is 0.508 e. The Bertz CT molecular complexity index is 888. The van der Waals surface area contributed by atoms with Gasteiger partial charge < -0.3 is 5.11 Å². The molecule has 0 unspecified atom stereocenters. The zero-order chi connectivity index (χ0) is 16.9. The predicted octanol–water partition coefficient (Wildman–Crippen LogP) is 2.69. The van der Waals surface area contributed by atoms with Gasteiger partial charge in [0.2, 0.25) is 0 Å². The molecule has 1 aromatic heterocycles. The van der Waals surface area contributed by atoms with Gasteiger partial charge in [0, 0.05) is 5.56 Å². The van der Waals surface area contributed by atoms with Gasteiger partial charge in [0.25, 0.3) is 5.91 Å². The molecule has 0 saturated carbocycles. The first-order valence-corrected chi connectivity index (χ1v) is 7.05. The van der Waals surface area contributed by atoms with Crippen LogP contribution in [0.2, 0.25) is 0 Å². The van der Waals surface area contributed by atoms with Crippen LogP contribution >= 0.6 is 0 Å². The van der Waals surface area contributed by atoms with Crippen molar-refractivity contribution >= 4 is 12.1 Å². The number of hydrogen-bond acceptors (Lipinski definition) is 4. The summed E-state index contributed by atoms with van der Waals surface area (Å²) in [5, 5.41) is 19.8. The number of aromatic hydroxyl groups is 1. The second-order valence-corrected chi connectivity index (χ2v) is 4.97. The molecule has 3 aromatic rings. The molecular formula is C17H13FN4O2. The molecule has 1 heterocycles. The van der Waals surface area contributed by atoms with Gasteiger partial charge in [0.1, 0.15) is 17.3 Å². The number of nitrogens with zero attached hydrogens (tertiary/aromatic N) is 2. The molecule has 0 radical (unpaired) electrons. The lowest BCUT2D eigenvalue weighted by molar-refractivity contribution is 0.0950. The molecule has 6 nitrogen and oxygen atoms in total. The number of carbonyl (C=O) groups is 1. The summed E-state index contributed by atoms with van der Waals surface area (Å²) >= 11 is 0. The average Bonchev–Trinajstić information content (AvgIpc) is 3.05. The minimum absolute atomic E-state index is 0.114. The first kappa shape index (κ1) is 15.4. The minimum atomic E-state index is -0.465. The summed E-state index contributed by atoms with van der Waals surface area (Å²) in [6, 6.07) is 13.8. The third-order valence-electron chi connectivity index (χ3n) is 3.21. The minimum Gasteiger partial charge on any atom is -0.508 e. The Morgan fingerprint density at radius 1 is 1.21 bits per heavy atom. The molecule has 3 N–H and O–H groups in total. The van der Waals surface area contributed by atoms with E-state index in [1.165, 1.54) is 30.5 Å². The van der Waals surface area contributed by atoms with Crippen molar-refractivity contribution in [3.63, 3.8) is 0 Å². The van der Waals surface area contributed by atoms with Gasteiger partial charge in [-0.05, 0) is 48.0 Å². The summed E-state index contributed by atoms with van der Waals surface area (Å²) in [6.45, 7) is 0. The molecule has 120 valence electrons. The number of nitrogens with one attached hydrogen (secondary N) is 2. The van der Waals surface area contributed by atoms with Gasteiger partial charge in [-0.1, -0.05) is 12.1 Å². The number of halogens is 1. The number of benzene rings is 2. The highest BCUT2D eigenvalue weighted by Gasteiger charge is 2.10. The van der Waals surface area contributed by atoms with E-state index in [0.717, 1.165) is 0 Å². The zero-order valence-electron chi connectivity index (χ0n) is 12.4. The highest BCUT2D eigenvalue weighted by molar-refractivity contribution is 5.94. The molecule has 0 fully saturated rings. The molecule has 0 aliphatic heterocycles. The number of H-pyrrole nitrogens is 1. The van der Waals surface area contributed by atoms with E-state index in [4.69, 9.17) is 0 Å². The lowest BCUT2D eigenvalue weighted by atomic mass is 10.1. The SMILES string of the molecule is O=C(NN=Cc1cccc(O)c1)c1cc(-c2ccc(F)cc2)n[nH]1. The van der Waals surface area contributed by atoms with Crippen molar-refractivity contribution in [2.45, 2.75) is 0 Å². The molecular weight excluding hydrogens is 311 g/mol. The fourth-order valence-electron chi connectivity index (χ4n) is 2.04. The molecule has 0 aliphatic carbocycles. The molecule has 3 rings (SSSR count). The average molecular weight is 324 g/mol. The Morgan fingerprint density at radius 2 is 2.00 bits per heavy atom. The normalized spacial score (nSPS) is 10.9. The number of aromatic amines is 1. The van der Waals surface area contributed by atoms with Crippen molar-refractivity contribution in [1.29, 1.82) is 0 Å². The zero-order valence-corrected chi connectivity index (χ0v) is 12.4. The van der Waals surface area contributed by atoms with Crippen LogP contribution < -0.4 is 5.43 Å². The number of aromatic nitrogens is 2. The molecule has 1 amide bonds. The van der Waals surface area contributed by atoms with Crippen molar-refractivity contribution in [1.82, 2.24) is 15.6 Å². The smallest absolute Gasteiger partial charge is 0.289 e. The van der Waals surface area contributed by atoms with Crippen LogP contribution in [0.15, 0.2) is 59.7 Å². The van der Waals surface area contributed by atoms with Crippen molar-refractivity contribution in [3.05, 3.63) is 71.7 Å². The van der Waals surface area contributed by atoms with Gasteiger partial charge in [0.05, 0.1) is 11.9 Å². The lowest BCUT2D eigenvalue weighted by Crippen LogP contribution is -2.17. The molecule has 0 saturated heterocycles. The number of hydrogen-bond donors (Lipinski definition) is 3. The molecule has 7 heteroatoms. The highest BCUT2D eigenvalue weighted by atomic mass is 19.1. The van der Waals surface area contributed by atoms with Crippen LogP contribution in [-0.2, 0) is 0 Å². The van der Waals surface area contributed by atoms with E-state index in [2.05, 4.69) is 20.7 Å². The van der Waals surface area contributed by atoms with Crippen molar-refractivity contribution in [2.75, 3.05) is 0 Å². The Labute approximate surface area is 136 Å². The second kappa shape index (κ2) is 6.74. The van der Waals surface area contributed by atoms with Crippen LogP contribution in [0, 0.1) is 5.82 Å². The van der Waals surface area contributed by atoms with Gasteiger partial charge in [-0.15, -0.1) is 0 Å². The molecule has 2 aromatic carbocycles. The Hall–Kier alpha value is -3.48. The van der Waals surface area contributed by atoms with Gasteiger partial charge in [-0.2, -0.15) is 10.2 Å². The van der Waals surface area contributed by atoms with Crippen molar-refractivity contribution < 1.29 is 14.3 Å². The van der Waals surface area contributed by atoms with E-state index in [1.54, 1.807) is 30.3 Å². The number of amides is 1. The summed E-state index contributed by atoms with van der Waals surface area (Å²) in [5.41, 5.74) is 4.44. The number of hydrazone groups is 1. The lowest BCUT2D eigenvalue weighted by Gasteiger charge is -1.97. The maximum atomic E-state index is 12.9. The summed E-state index contributed by atoms with van der Waals surface area (Å²) in [6.07, 6.45) is 1.41. The molecule has 0 atom stereocenters. The first-order valence-electron chi connectivity index (χ1n) is 7.05. The van der Waals surface area contributed by atoms with Crippen LogP contribution in [0.3, 0.4) is 0 Å². The summed E-state index contributed by atoms with van der Waals surface area (Å²) in [7, 11) is 0. The molecule has 0 bridgehead atoms. The molecule has 0 aliphatic rings. The van der Waals surface area contributed by atoms with Crippen LogP contribution in [0.4, 0.5) is 4.39 Å². The fraction of sp³-hybridized carbons (Fsp3) is 0. The summed E-state index contributed by atoms with van der Waals surface area (Å²) < 4.78 is 12.9. The fourth-order valence-corrected chi connectivity index (χ4v) is 2.04. The van der Waals surface area contributed by atoms with Gasteiger partial charge >= 0.3 is 0 Å². The van der Waals surface area contributed by atoms with E-state index < -0.39 is 5.91 Å². The van der Waals surface area contributed by atoms with E-state index >= 15 is 0 Å². The van der Waals surface area contributed by atoms with Gasteiger partial charge in [0.15, 0.2) is 0 Å². The number of phenolic OH excluding ortho intramolecular Hbond substituents is 1. The monoisotopic (exact) mass is 324 g/mol. The summed E-state index contributed by atoms with van der Waals surface area (Å²) in [4.78, 5) is 12.0. The van der Waals surface area contributed by atoms with Crippen LogP contribution in [-0.4, -0.2) is 27.4 Å². The summed E-state index contributed by atoms with van der Waals surface area (Å²) in [5.74, 6) is -0.691. The van der Waals surface area contributed by atoms with Crippen LogP contribution in [0.5, 0.6) is 5.75 Å². The van der Waals surface area contributed by atoms with E-state index in [-0.39, 0.29) is 17.3 Å². The Morgan fingerprint density at radius 3 is 2.75 bits per heavy atom. The quantitative estimate of drug-likeness (QED) is 0.509. The van der Waals surface area contributed by atoms with Gasteiger partial charge in [-0.25, -0.2) is 9.82 Å². The van der Waals surface area contributed by atoms with Crippen LogP contribution in [0.25, 0.3) is 11.3 Å². The van der Waals surface area contributed by atoms with Crippen molar-refractivity contribution in [3.8, 4) is 17.0 Å². The maximum absolute atomic E-state index is 12.9. The third kappa shape index (κ3) is 3.64. The standard InChI is InChI=1S/C17H13FN4O2/c18-13-6-4-12(5-7-13)15-9-16(21-20-15)17(24)22-19-10-11-2-1-3-14(23)8-11/h1-10,23H,(H,20,21)(H,22,24). The number of rotatable bonds is 4. The van der Waals surface area contributed by atoms with E-state index in [0.29, 0.717) is 16.8 Å². The topological polar surface area (TPSA) is 90.4 Å².